The molecule has 0 fully saturated rings. The largest absolute Gasteiger partial charge is 0.490 e. The molecule has 40 heavy (non-hydrogen) atoms. The van der Waals surface area contributed by atoms with Crippen LogP contribution in [-0.4, -0.2) is 49.3 Å². The maximum Gasteiger partial charge on any atom is 0.352 e. The Balaban J connectivity index is 1.47. The molecule has 1 amide bonds. The molecule has 0 aliphatic carbocycles. The highest BCUT2D eigenvalue weighted by atomic mass is 35.5. The molecule has 0 radical (unpaired) electrons. The van der Waals surface area contributed by atoms with E-state index in [2.05, 4.69) is 10.2 Å². The molecule has 0 saturated carbocycles. The number of fused-ring (bicyclic) bond motifs is 1. The standard InChI is InChI=1S/C29H28Cl2N2O7/c1-4-29(28(36)37,40-17(2)34)18-9-12-22(30)24(13-18)32-27(35)21-11-10-19(14-23(21)31)38-16-20-15-33(3)25-7-5-6-8-26(25)39-20/h5-14,20H,4,15-16H2,1-3H3,(H,32,35)(H,36,37)/t20-,29?/m0/s1. The maximum absolute atomic E-state index is 13.1. The van der Waals surface area contributed by atoms with Crippen LogP contribution in [0.3, 0.4) is 0 Å². The van der Waals surface area contributed by atoms with Gasteiger partial charge in [-0.1, -0.05) is 48.3 Å². The van der Waals surface area contributed by atoms with Gasteiger partial charge in [-0.15, -0.1) is 0 Å². The van der Waals surface area contributed by atoms with Gasteiger partial charge in [-0.3, -0.25) is 9.59 Å². The normalized spacial score (nSPS) is 15.7. The van der Waals surface area contributed by atoms with Crippen molar-refractivity contribution >= 4 is 52.4 Å². The summed E-state index contributed by atoms with van der Waals surface area (Å²) in [6.45, 7) is 3.61. The van der Waals surface area contributed by atoms with E-state index in [0.29, 0.717) is 12.3 Å². The van der Waals surface area contributed by atoms with Crippen LogP contribution in [0, 0.1) is 0 Å². The van der Waals surface area contributed by atoms with Crippen molar-refractivity contribution < 1.29 is 33.7 Å². The third-order valence-electron chi connectivity index (χ3n) is 6.51. The van der Waals surface area contributed by atoms with Crippen molar-refractivity contribution in [1.82, 2.24) is 0 Å². The first kappa shape index (κ1) is 29.0. The summed E-state index contributed by atoms with van der Waals surface area (Å²) in [5.41, 5.74) is -0.502. The van der Waals surface area contributed by atoms with E-state index in [1.165, 1.54) is 30.3 Å². The zero-order chi connectivity index (χ0) is 29.0. The van der Waals surface area contributed by atoms with Crippen LogP contribution in [0.25, 0.3) is 0 Å². The molecule has 9 nitrogen and oxygen atoms in total. The lowest BCUT2D eigenvalue weighted by molar-refractivity contribution is -0.179. The third kappa shape index (κ3) is 6.11. The third-order valence-corrected chi connectivity index (χ3v) is 7.15. The summed E-state index contributed by atoms with van der Waals surface area (Å²) in [5, 5.41) is 12.8. The van der Waals surface area contributed by atoms with Crippen LogP contribution >= 0.6 is 23.2 Å². The van der Waals surface area contributed by atoms with E-state index in [1.807, 2.05) is 31.3 Å². The van der Waals surface area contributed by atoms with E-state index in [1.54, 1.807) is 13.0 Å². The van der Waals surface area contributed by atoms with E-state index in [-0.39, 0.29) is 46.0 Å². The first-order chi connectivity index (χ1) is 19.0. The number of aliphatic carboxylic acids is 1. The average molecular weight is 587 g/mol. The average Bonchev–Trinajstić information content (AvgIpc) is 2.91. The summed E-state index contributed by atoms with van der Waals surface area (Å²) in [5.74, 6) is -1.44. The number of hydrogen-bond acceptors (Lipinski definition) is 7. The molecule has 3 aromatic carbocycles. The van der Waals surface area contributed by atoms with Gasteiger partial charge in [0.15, 0.2) is 0 Å². The molecule has 3 aromatic rings. The summed E-state index contributed by atoms with van der Waals surface area (Å²) in [6, 6.07) is 16.7. The van der Waals surface area contributed by atoms with Gasteiger partial charge in [-0.25, -0.2) is 4.79 Å². The van der Waals surface area contributed by atoms with Crippen molar-refractivity contribution in [2.75, 3.05) is 30.4 Å². The molecule has 2 atom stereocenters. The van der Waals surface area contributed by atoms with E-state index in [0.717, 1.165) is 18.4 Å². The molecule has 0 saturated heterocycles. The summed E-state index contributed by atoms with van der Waals surface area (Å²) in [4.78, 5) is 38.9. The maximum atomic E-state index is 13.1. The van der Waals surface area contributed by atoms with Crippen molar-refractivity contribution in [3.05, 3.63) is 81.8 Å². The van der Waals surface area contributed by atoms with Crippen LogP contribution in [0.4, 0.5) is 11.4 Å². The van der Waals surface area contributed by atoms with Crippen LogP contribution in [0.15, 0.2) is 60.7 Å². The smallest absolute Gasteiger partial charge is 0.352 e. The second kappa shape index (κ2) is 12.1. The Kier molecular flexibility index (Phi) is 8.76. The summed E-state index contributed by atoms with van der Waals surface area (Å²) >= 11 is 12.7. The second-order valence-corrected chi connectivity index (χ2v) is 10.1. The van der Waals surface area contributed by atoms with E-state index >= 15 is 0 Å². The fourth-order valence-corrected chi connectivity index (χ4v) is 4.92. The van der Waals surface area contributed by atoms with Gasteiger partial charge in [0.05, 0.1) is 33.5 Å². The van der Waals surface area contributed by atoms with Crippen molar-refractivity contribution in [1.29, 1.82) is 0 Å². The molecule has 0 bridgehead atoms. The number of carbonyl (C=O) groups excluding carboxylic acids is 2. The van der Waals surface area contributed by atoms with Crippen molar-refractivity contribution in [3.8, 4) is 11.5 Å². The van der Waals surface area contributed by atoms with Crippen molar-refractivity contribution in [2.45, 2.75) is 32.0 Å². The number of anilines is 2. The van der Waals surface area contributed by atoms with Crippen molar-refractivity contribution in [2.24, 2.45) is 0 Å². The lowest BCUT2D eigenvalue weighted by atomic mass is 9.90. The van der Waals surface area contributed by atoms with Gasteiger partial charge in [0.25, 0.3) is 5.91 Å². The Morgan fingerprint density at radius 3 is 2.52 bits per heavy atom. The Hall–Kier alpha value is -3.95. The molecule has 2 N–H and O–H groups in total. The van der Waals surface area contributed by atoms with Gasteiger partial charge < -0.3 is 29.5 Å². The van der Waals surface area contributed by atoms with Gasteiger partial charge in [0.2, 0.25) is 5.60 Å². The van der Waals surface area contributed by atoms with E-state index in [9.17, 15) is 19.5 Å². The second-order valence-electron chi connectivity index (χ2n) is 9.27. The van der Waals surface area contributed by atoms with E-state index < -0.39 is 23.4 Å². The minimum absolute atomic E-state index is 0.0427. The molecule has 1 aliphatic heterocycles. The Morgan fingerprint density at radius 1 is 1.10 bits per heavy atom. The van der Waals surface area contributed by atoms with Crippen LogP contribution in [0.1, 0.15) is 36.2 Å². The number of carboxylic acids is 1. The molecule has 1 unspecified atom stereocenters. The number of esters is 1. The number of halogens is 2. The number of nitrogens with zero attached hydrogens (tertiary/aromatic N) is 1. The number of rotatable bonds is 9. The van der Waals surface area contributed by atoms with Gasteiger partial charge >= 0.3 is 11.9 Å². The zero-order valence-corrected chi connectivity index (χ0v) is 23.6. The Labute approximate surface area is 241 Å². The fraction of sp³-hybridized carbons (Fsp3) is 0.276. The molecule has 1 heterocycles. The summed E-state index contributed by atoms with van der Waals surface area (Å²) < 4.78 is 17.1. The lowest BCUT2D eigenvalue weighted by Gasteiger charge is -2.33. The van der Waals surface area contributed by atoms with Gasteiger partial charge in [0.1, 0.15) is 24.2 Å². The molecule has 0 aromatic heterocycles. The number of hydrogen-bond donors (Lipinski definition) is 2. The molecule has 1 aliphatic rings. The predicted octanol–water partition coefficient (Wildman–Crippen LogP) is 5.77. The summed E-state index contributed by atoms with van der Waals surface area (Å²) in [6.07, 6.45) is -0.247. The number of carboxylic acid groups (broad SMARTS) is 1. The summed E-state index contributed by atoms with van der Waals surface area (Å²) in [7, 11) is 1.99. The highest BCUT2D eigenvalue weighted by Crippen LogP contribution is 2.36. The number of carbonyl (C=O) groups is 3. The van der Waals surface area contributed by atoms with Gasteiger partial charge in [-0.2, -0.15) is 0 Å². The minimum atomic E-state index is -1.94. The number of amides is 1. The van der Waals surface area contributed by atoms with Crippen LogP contribution in [0.2, 0.25) is 10.0 Å². The van der Waals surface area contributed by atoms with Gasteiger partial charge in [-0.05, 0) is 48.9 Å². The highest BCUT2D eigenvalue weighted by Gasteiger charge is 2.42. The molecular weight excluding hydrogens is 559 g/mol. The quantitative estimate of drug-likeness (QED) is 0.303. The number of likely N-dealkylation sites (N-methyl/N-ethyl adjacent to an activating group) is 1. The predicted molar refractivity (Wildman–Crippen MR) is 152 cm³/mol. The molecule has 4 rings (SSSR count). The number of ether oxygens (including phenoxy) is 3. The van der Waals surface area contributed by atoms with Crippen molar-refractivity contribution in [3.63, 3.8) is 0 Å². The zero-order valence-electron chi connectivity index (χ0n) is 22.1. The topological polar surface area (TPSA) is 114 Å². The SMILES string of the molecule is CCC(OC(C)=O)(C(=O)O)c1ccc(Cl)c(NC(=O)c2ccc(OC[C@@H]3CN(C)c4ccccc4O3)cc2Cl)c1. The minimum Gasteiger partial charge on any atom is -0.490 e. The molecule has 210 valence electrons. The number of para-hydroxylation sites is 2. The first-order valence-electron chi connectivity index (χ1n) is 12.5. The van der Waals surface area contributed by atoms with Crippen LogP contribution in [0.5, 0.6) is 11.5 Å². The Morgan fingerprint density at radius 2 is 1.85 bits per heavy atom. The first-order valence-corrected chi connectivity index (χ1v) is 13.2. The van der Waals surface area contributed by atoms with Crippen LogP contribution < -0.4 is 19.7 Å². The van der Waals surface area contributed by atoms with E-state index in [4.69, 9.17) is 37.4 Å². The lowest BCUT2D eigenvalue weighted by Crippen LogP contribution is -2.41. The van der Waals surface area contributed by atoms with Gasteiger partial charge in [0, 0.05) is 19.5 Å². The monoisotopic (exact) mass is 586 g/mol. The van der Waals surface area contributed by atoms with Crippen LogP contribution in [-0.2, 0) is 19.9 Å². The Bertz CT molecular complexity index is 1450. The fourth-order valence-electron chi connectivity index (χ4n) is 4.50. The molecule has 11 heteroatoms. The number of nitrogens with one attached hydrogen (secondary N) is 1. The highest BCUT2D eigenvalue weighted by molar-refractivity contribution is 6.36. The molecule has 0 spiro atoms. The number of benzene rings is 3. The molecular formula is C29H28Cl2N2O7.